The number of ether oxygens (including phenoxy) is 2. The summed E-state index contributed by atoms with van der Waals surface area (Å²) in [6.07, 6.45) is 0. The number of para-hydroxylation sites is 1. The molecule has 1 rings (SSSR count). The van der Waals surface area contributed by atoms with Gasteiger partial charge in [0.15, 0.2) is 17.3 Å². The zero-order valence-electron chi connectivity index (χ0n) is 8.04. The normalized spacial score (nSPS) is 9.64. The molecule has 1 aromatic rings. The van der Waals surface area contributed by atoms with E-state index in [1.54, 1.807) is 25.3 Å². The Morgan fingerprint density at radius 2 is 2.07 bits per heavy atom. The van der Waals surface area contributed by atoms with Gasteiger partial charge in [-0.1, -0.05) is 22.0 Å². The van der Waals surface area contributed by atoms with Crippen LogP contribution in [0.2, 0.25) is 0 Å². The molecule has 0 amide bonds. The molecule has 0 N–H and O–H groups in total. The Bertz CT molecular complexity index is 336. The average molecular weight is 259 g/mol. The van der Waals surface area contributed by atoms with Crippen LogP contribution in [-0.2, 0) is 0 Å². The Morgan fingerprint density at radius 3 is 2.57 bits per heavy atom. The molecule has 1 aromatic carbocycles. The summed E-state index contributed by atoms with van der Waals surface area (Å²) < 4.78 is 10.2. The summed E-state index contributed by atoms with van der Waals surface area (Å²) in [5.74, 6) is 1.03. The second-order valence-corrected chi connectivity index (χ2v) is 3.16. The van der Waals surface area contributed by atoms with Gasteiger partial charge in [0, 0.05) is 0 Å². The molecule has 0 unspecified atom stereocenters. The molecule has 0 bridgehead atoms. The van der Waals surface area contributed by atoms with Crippen molar-refractivity contribution in [1.29, 1.82) is 0 Å². The molecule has 0 saturated heterocycles. The van der Waals surface area contributed by atoms with Crippen molar-refractivity contribution < 1.29 is 14.3 Å². The van der Waals surface area contributed by atoms with E-state index in [9.17, 15) is 4.79 Å². The first kappa shape index (κ1) is 11.0. The van der Waals surface area contributed by atoms with Crippen LogP contribution in [0.3, 0.4) is 0 Å². The first-order valence-corrected chi connectivity index (χ1v) is 5.17. The van der Waals surface area contributed by atoms with Gasteiger partial charge in [-0.25, -0.2) is 0 Å². The molecule has 76 valence electrons. The van der Waals surface area contributed by atoms with Crippen LogP contribution in [0, 0.1) is 0 Å². The van der Waals surface area contributed by atoms with Crippen LogP contribution in [-0.4, -0.2) is 25.3 Å². The minimum Gasteiger partial charge on any atom is -0.493 e. The van der Waals surface area contributed by atoms with Crippen molar-refractivity contribution in [2.24, 2.45) is 0 Å². The molecule has 0 aliphatic carbocycles. The molecule has 0 aromatic heterocycles. The summed E-state index contributed by atoms with van der Waals surface area (Å²) in [5, 5.41) is 0.274. The number of benzene rings is 1. The quantitative estimate of drug-likeness (QED) is 0.614. The van der Waals surface area contributed by atoms with Gasteiger partial charge < -0.3 is 9.47 Å². The van der Waals surface area contributed by atoms with Crippen LogP contribution in [0.15, 0.2) is 18.2 Å². The highest BCUT2D eigenvalue weighted by Gasteiger charge is 2.14. The molecule has 0 radical (unpaired) electrons. The van der Waals surface area contributed by atoms with Gasteiger partial charge in [0.05, 0.1) is 25.1 Å². The van der Waals surface area contributed by atoms with E-state index < -0.39 is 0 Å². The molecule has 0 atom stereocenters. The number of rotatable bonds is 4. The third kappa shape index (κ3) is 2.07. The molecule has 0 aliphatic heterocycles. The number of carbonyl (C=O) groups excluding carboxylic acids is 1. The number of hydrogen-bond donors (Lipinski definition) is 0. The van der Waals surface area contributed by atoms with Crippen LogP contribution in [0.25, 0.3) is 0 Å². The molecule has 0 fully saturated rings. The Labute approximate surface area is 91.1 Å². The predicted molar refractivity (Wildman–Crippen MR) is 57.7 cm³/mol. The lowest BCUT2D eigenvalue weighted by molar-refractivity contribution is 0.102. The van der Waals surface area contributed by atoms with E-state index in [1.807, 2.05) is 0 Å². The fourth-order valence-electron chi connectivity index (χ4n) is 1.18. The van der Waals surface area contributed by atoms with Crippen molar-refractivity contribution in [1.82, 2.24) is 0 Å². The highest BCUT2D eigenvalue weighted by molar-refractivity contribution is 9.09. The third-order valence-corrected chi connectivity index (χ3v) is 2.33. The smallest absolute Gasteiger partial charge is 0.177 e. The van der Waals surface area contributed by atoms with Crippen LogP contribution in [0.4, 0.5) is 0 Å². The number of hydrogen-bond acceptors (Lipinski definition) is 3. The van der Waals surface area contributed by atoms with Crippen LogP contribution < -0.4 is 9.47 Å². The van der Waals surface area contributed by atoms with Crippen LogP contribution in [0.5, 0.6) is 11.5 Å². The molecule has 14 heavy (non-hydrogen) atoms. The van der Waals surface area contributed by atoms with Crippen molar-refractivity contribution >= 4 is 21.7 Å². The van der Waals surface area contributed by atoms with Crippen molar-refractivity contribution in [2.75, 3.05) is 19.5 Å². The van der Waals surface area contributed by atoms with Gasteiger partial charge in [0.25, 0.3) is 0 Å². The molecule has 3 nitrogen and oxygen atoms in total. The summed E-state index contributed by atoms with van der Waals surface area (Å²) in [6, 6.07) is 5.23. The molecule has 0 aliphatic rings. The molecule has 0 spiro atoms. The average Bonchev–Trinajstić information content (AvgIpc) is 2.26. The Balaban J connectivity index is 3.21. The highest BCUT2D eigenvalue weighted by Crippen LogP contribution is 2.30. The second kappa shape index (κ2) is 5.00. The van der Waals surface area contributed by atoms with Crippen LogP contribution in [0.1, 0.15) is 10.4 Å². The number of Topliss-reactive ketones (excluding diaryl/α,β-unsaturated/α-hetero) is 1. The van der Waals surface area contributed by atoms with Crippen molar-refractivity contribution in [3.63, 3.8) is 0 Å². The Hall–Kier alpha value is -1.03. The number of halogens is 1. The van der Waals surface area contributed by atoms with Gasteiger partial charge in [-0.15, -0.1) is 0 Å². The fourth-order valence-corrected chi connectivity index (χ4v) is 1.48. The van der Waals surface area contributed by atoms with Gasteiger partial charge in [0.2, 0.25) is 0 Å². The van der Waals surface area contributed by atoms with Gasteiger partial charge in [-0.05, 0) is 12.1 Å². The number of ketones is 1. The minimum absolute atomic E-state index is 0.0271. The van der Waals surface area contributed by atoms with E-state index in [4.69, 9.17) is 9.47 Å². The van der Waals surface area contributed by atoms with E-state index in [-0.39, 0.29) is 11.1 Å². The Kier molecular flexibility index (Phi) is 3.95. The van der Waals surface area contributed by atoms with E-state index in [1.165, 1.54) is 7.11 Å². The highest BCUT2D eigenvalue weighted by atomic mass is 79.9. The summed E-state index contributed by atoms with van der Waals surface area (Å²) >= 11 is 3.12. The SMILES string of the molecule is COc1cccc(C(=O)CBr)c1OC. The van der Waals surface area contributed by atoms with E-state index in [2.05, 4.69) is 15.9 Å². The third-order valence-electron chi connectivity index (χ3n) is 1.82. The van der Waals surface area contributed by atoms with E-state index in [0.29, 0.717) is 17.1 Å². The zero-order valence-corrected chi connectivity index (χ0v) is 9.63. The zero-order chi connectivity index (χ0) is 10.6. The number of methoxy groups -OCH3 is 2. The minimum atomic E-state index is -0.0271. The van der Waals surface area contributed by atoms with Gasteiger partial charge in [-0.2, -0.15) is 0 Å². The van der Waals surface area contributed by atoms with Crippen molar-refractivity contribution in [2.45, 2.75) is 0 Å². The van der Waals surface area contributed by atoms with E-state index in [0.717, 1.165) is 0 Å². The molecule has 4 heteroatoms. The maximum atomic E-state index is 11.5. The standard InChI is InChI=1S/C10H11BrO3/c1-13-9-5-3-4-7(8(12)6-11)10(9)14-2/h3-5H,6H2,1-2H3. The topological polar surface area (TPSA) is 35.5 Å². The summed E-state index contributed by atoms with van der Waals surface area (Å²) in [7, 11) is 3.06. The number of carbonyl (C=O) groups is 1. The van der Waals surface area contributed by atoms with E-state index >= 15 is 0 Å². The van der Waals surface area contributed by atoms with Crippen molar-refractivity contribution in [3.8, 4) is 11.5 Å². The summed E-state index contributed by atoms with van der Waals surface area (Å²) in [6.45, 7) is 0. The van der Waals surface area contributed by atoms with Gasteiger partial charge in [-0.3, -0.25) is 4.79 Å². The number of alkyl halides is 1. The van der Waals surface area contributed by atoms with Gasteiger partial charge in [0.1, 0.15) is 0 Å². The molecule has 0 saturated carbocycles. The van der Waals surface area contributed by atoms with Crippen molar-refractivity contribution in [3.05, 3.63) is 23.8 Å². The lowest BCUT2D eigenvalue weighted by Crippen LogP contribution is -2.04. The van der Waals surface area contributed by atoms with Gasteiger partial charge >= 0.3 is 0 Å². The summed E-state index contributed by atoms with van der Waals surface area (Å²) in [4.78, 5) is 11.5. The Morgan fingerprint density at radius 1 is 1.36 bits per heavy atom. The second-order valence-electron chi connectivity index (χ2n) is 2.60. The molecular weight excluding hydrogens is 248 g/mol. The first-order chi connectivity index (χ1) is 6.74. The molecular formula is C10H11BrO3. The summed E-state index contributed by atoms with van der Waals surface area (Å²) in [5.41, 5.74) is 0.531. The largest absolute Gasteiger partial charge is 0.493 e. The lowest BCUT2D eigenvalue weighted by atomic mass is 10.1. The van der Waals surface area contributed by atoms with Crippen LogP contribution >= 0.6 is 15.9 Å². The lowest BCUT2D eigenvalue weighted by Gasteiger charge is -2.10. The predicted octanol–water partition coefficient (Wildman–Crippen LogP) is 2.28. The fraction of sp³-hybridized carbons (Fsp3) is 0.300. The maximum absolute atomic E-state index is 11.5. The molecule has 0 heterocycles. The monoisotopic (exact) mass is 258 g/mol. The maximum Gasteiger partial charge on any atom is 0.177 e. The first-order valence-electron chi connectivity index (χ1n) is 4.04.